The van der Waals surface area contributed by atoms with Gasteiger partial charge in [-0.2, -0.15) is 8.91 Å². The molecule has 3 aliphatic rings. The van der Waals surface area contributed by atoms with Crippen molar-refractivity contribution in [2.75, 3.05) is 18.0 Å². The summed E-state index contributed by atoms with van der Waals surface area (Å²) in [7, 11) is -13.8. The molecule has 0 bridgehead atoms. The molecule has 2 atom stereocenters. The zero-order valence-electron chi connectivity index (χ0n) is 40.1. The van der Waals surface area contributed by atoms with Crippen molar-refractivity contribution in [2.24, 2.45) is 0 Å². The summed E-state index contributed by atoms with van der Waals surface area (Å²) in [5.74, 6) is 0. The van der Waals surface area contributed by atoms with Gasteiger partial charge in [-0.05, 0) is 147 Å². The summed E-state index contributed by atoms with van der Waals surface area (Å²) in [5, 5.41) is 15.0. The van der Waals surface area contributed by atoms with E-state index in [4.69, 9.17) is 0 Å². The number of rotatable bonds is 15. The molecule has 2 unspecified atom stereocenters. The Bertz CT molecular complexity index is 3110. The zero-order chi connectivity index (χ0) is 47.4. The Morgan fingerprint density at radius 1 is 0.765 bits per heavy atom. The number of fused-ring (bicyclic) bond motifs is 6. The van der Waals surface area contributed by atoms with E-state index in [0.717, 1.165) is 98.1 Å². The first-order valence-corrected chi connectivity index (χ1v) is 26.3. The van der Waals surface area contributed by atoms with E-state index < -0.39 is 51.7 Å². The minimum absolute atomic E-state index is 0. The predicted molar refractivity (Wildman–Crippen MR) is 246 cm³/mol. The number of benzene rings is 4. The molecular formula is C47H51N2Na3O12S4. The van der Waals surface area contributed by atoms with Gasteiger partial charge < -0.3 is 23.8 Å². The van der Waals surface area contributed by atoms with E-state index in [9.17, 15) is 44.2 Å². The van der Waals surface area contributed by atoms with E-state index in [2.05, 4.69) is 53.3 Å². The molecule has 348 valence electrons. The molecule has 1 aliphatic carbocycles. The predicted octanol–water partition coefficient (Wildman–Crippen LogP) is -1.17. The molecule has 0 saturated carbocycles. The maximum atomic E-state index is 12.0. The SMILES string of the molecule is CC1=C(C=CC2=[N+](CCC(C)S(=O)(=O)[O-])c3ccc4cc(S(=O)(=O)[O-])ccc4c3C2(C)C)CCCC1=C/C=C1/N(CCC(C)S(=O)(=O)[O-])c2ccc3cc(SOO[O-])ccc3c2C1(C)C.[Na+].[Na+].[Na+]. The summed E-state index contributed by atoms with van der Waals surface area (Å²) < 4.78 is 114. The second kappa shape index (κ2) is 22.9. The standard InChI is InChI=1S/C47H54N2O12S4.3Na/c1-29(63(51,52)53)23-25-48-40-19-11-34-27-36(62-61-60-50)15-17-38(34)44(40)46(4,5)42(48)21-13-32-9-8-10-33(31(32)3)14-22-43-47(6,7)45-39-18-16-37(65(57,58)59)28-35(39)12-20-41(45)49(43)26-24-30(2)64(54,55)56;;;/h11-22,27-30H,8-10,23-26H2,1-7H3,(H3-,50,51,52,53,54,55,56,57,58,59);;;/q;3*+1/p-3. The third-order valence-electron chi connectivity index (χ3n) is 13.3. The quantitative estimate of drug-likeness (QED) is 0.0343. The first-order valence-electron chi connectivity index (χ1n) is 21.2. The summed E-state index contributed by atoms with van der Waals surface area (Å²) >= 11 is 0.801. The van der Waals surface area contributed by atoms with Gasteiger partial charge in [0, 0.05) is 57.6 Å². The van der Waals surface area contributed by atoms with Crippen LogP contribution in [0, 0.1) is 0 Å². The Hall–Kier alpha value is -1.21. The molecule has 21 heteroatoms. The normalized spacial score (nSPS) is 19.0. The third kappa shape index (κ3) is 12.2. The van der Waals surface area contributed by atoms with Gasteiger partial charge in [-0.1, -0.05) is 44.2 Å². The molecule has 0 spiro atoms. The van der Waals surface area contributed by atoms with Gasteiger partial charge in [0.15, 0.2) is 12.3 Å². The van der Waals surface area contributed by atoms with E-state index in [1.54, 1.807) is 12.1 Å². The fourth-order valence-corrected chi connectivity index (χ4v) is 11.3. The Morgan fingerprint density at radius 3 is 2.03 bits per heavy atom. The molecule has 2 aliphatic heterocycles. The molecule has 0 radical (unpaired) electrons. The molecule has 14 nitrogen and oxygen atoms in total. The minimum atomic E-state index is -4.70. The van der Waals surface area contributed by atoms with Gasteiger partial charge in [-0.25, -0.2) is 25.3 Å². The second-order valence-corrected chi connectivity index (χ2v) is 23.8. The summed E-state index contributed by atoms with van der Waals surface area (Å²) in [6.45, 7) is 13.7. The molecule has 7 rings (SSSR count). The first-order chi connectivity index (χ1) is 30.3. The van der Waals surface area contributed by atoms with Crippen molar-refractivity contribution in [1.29, 1.82) is 0 Å². The van der Waals surface area contributed by atoms with Crippen LogP contribution in [0.25, 0.3) is 21.5 Å². The third-order valence-corrected chi connectivity index (χ3v) is 17.2. The fourth-order valence-electron chi connectivity index (χ4n) is 9.62. The van der Waals surface area contributed by atoms with Crippen molar-refractivity contribution >= 4 is 81.0 Å². The molecule has 0 saturated heterocycles. The van der Waals surface area contributed by atoms with E-state index in [0.29, 0.717) is 10.3 Å². The van der Waals surface area contributed by atoms with Crippen molar-refractivity contribution in [3.8, 4) is 0 Å². The van der Waals surface area contributed by atoms with Crippen molar-refractivity contribution in [1.82, 2.24) is 0 Å². The van der Waals surface area contributed by atoms with E-state index in [1.165, 1.54) is 26.0 Å². The maximum Gasteiger partial charge on any atom is 1.00 e. The van der Waals surface area contributed by atoms with Crippen molar-refractivity contribution in [3.63, 3.8) is 0 Å². The van der Waals surface area contributed by atoms with Gasteiger partial charge in [0.1, 0.15) is 10.1 Å². The van der Waals surface area contributed by atoms with Crippen LogP contribution in [0.2, 0.25) is 0 Å². The van der Waals surface area contributed by atoms with Crippen LogP contribution in [0.4, 0.5) is 11.4 Å². The average molecular weight is 1030 g/mol. The van der Waals surface area contributed by atoms with Crippen LogP contribution in [0.5, 0.6) is 0 Å². The monoisotopic (exact) mass is 1030 g/mol. The Balaban J connectivity index is 0.00000336. The summed E-state index contributed by atoms with van der Waals surface area (Å²) in [6.07, 6.45) is 11.0. The number of hydrogen-bond donors (Lipinski definition) is 0. The zero-order valence-corrected chi connectivity index (χ0v) is 49.4. The van der Waals surface area contributed by atoms with E-state index in [1.807, 2.05) is 60.9 Å². The van der Waals surface area contributed by atoms with Gasteiger partial charge in [0.25, 0.3) is 0 Å². The van der Waals surface area contributed by atoms with Crippen LogP contribution in [0.15, 0.2) is 117 Å². The first kappa shape index (κ1) is 59.4. The van der Waals surface area contributed by atoms with Crippen molar-refractivity contribution in [2.45, 2.75) is 112 Å². The molecule has 0 aromatic heterocycles. The van der Waals surface area contributed by atoms with Crippen LogP contribution in [-0.2, 0) is 50.6 Å². The maximum absolute atomic E-state index is 12.0. The Kier molecular flexibility index (Phi) is 20.0. The number of nitrogens with zero attached hydrogens (tertiary/aromatic N) is 2. The molecule has 0 fully saturated rings. The van der Waals surface area contributed by atoms with Crippen LogP contribution in [-0.4, -0.2) is 72.8 Å². The number of anilines is 1. The molecule has 0 N–H and O–H groups in total. The van der Waals surface area contributed by atoms with E-state index >= 15 is 0 Å². The van der Waals surface area contributed by atoms with Crippen LogP contribution in [0.1, 0.15) is 91.7 Å². The van der Waals surface area contributed by atoms with E-state index in [-0.39, 0.29) is 119 Å². The molecule has 4 aromatic rings. The molecular weight excluding hydrogens is 982 g/mol. The summed E-state index contributed by atoms with van der Waals surface area (Å²) in [5.41, 5.74) is 7.43. The number of allylic oxidation sites excluding steroid dienone is 8. The molecule has 68 heavy (non-hydrogen) atoms. The second-order valence-electron chi connectivity index (χ2n) is 18.1. The molecule has 0 amide bonds. The van der Waals surface area contributed by atoms with Crippen LogP contribution < -0.4 is 98.8 Å². The van der Waals surface area contributed by atoms with Gasteiger partial charge in [0.2, 0.25) is 5.69 Å². The smallest absolute Gasteiger partial charge is 0.748 e. The van der Waals surface area contributed by atoms with Crippen LogP contribution >= 0.6 is 12.0 Å². The van der Waals surface area contributed by atoms with Crippen molar-refractivity contribution < 1.29 is 147 Å². The van der Waals surface area contributed by atoms with Crippen molar-refractivity contribution in [3.05, 3.63) is 119 Å². The van der Waals surface area contributed by atoms with Crippen LogP contribution in [0.3, 0.4) is 0 Å². The Labute approximate surface area is 470 Å². The topological polar surface area (TPSA) is 219 Å². The summed E-state index contributed by atoms with van der Waals surface area (Å²) in [6, 6.07) is 17.5. The minimum Gasteiger partial charge on any atom is -0.748 e. The van der Waals surface area contributed by atoms with Gasteiger partial charge in [-0.3, -0.25) is 5.04 Å². The fraction of sp³-hybridized carbons (Fsp3) is 0.383. The van der Waals surface area contributed by atoms with Gasteiger partial charge in [0.05, 0.1) is 47.8 Å². The average Bonchev–Trinajstić information content (AvgIpc) is 3.59. The molecule has 4 aromatic carbocycles. The number of hydrogen-bond acceptors (Lipinski definition) is 14. The van der Waals surface area contributed by atoms with Gasteiger partial charge >= 0.3 is 88.7 Å². The Morgan fingerprint density at radius 2 is 1.38 bits per heavy atom. The molecule has 2 heterocycles. The summed E-state index contributed by atoms with van der Waals surface area (Å²) in [4.78, 5) is 2.43. The largest absolute Gasteiger partial charge is 1.00 e. The van der Waals surface area contributed by atoms with Gasteiger partial charge in [-0.15, -0.1) is 0 Å².